The van der Waals surface area contributed by atoms with E-state index in [-0.39, 0.29) is 0 Å². The van der Waals surface area contributed by atoms with Crippen molar-refractivity contribution in [1.82, 2.24) is 15.0 Å². The number of aromatic nitrogens is 3. The van der Waals surface area contributed by atoms with Gasteiger partial charge in [0.05, 0.1) is 5.51 Å². The molecule has 84 valence electrons. The molecule has 17 heavy (non-hydrogen) atoms. The minimum absolute atomic E-state index is 0.750. The van der Waals surface area contributed by atoms with Gasteiger partial charge in [-0.05, 0) is 19.1 Å². The van der Waals surface area contributed by atoms with Gasteiger partial charge in [0.2, 0.25) is 0 Å². The first-order chi connectivity index (χ1) is 8.33. The molecule has 1 aromatic carbocycles. The molecule has 0 fully saturated rings. The third kappa shape index (κ3) is 1.97. The van der Waals surface area contributed by atoms with E-state index in [0.717, 1.165) is 27.7 Å². The minimum Gasteiger partial charge on any atom is -0.338 e. The predicted molar refractivity (Wildman–Crippen MR) is 69.7 cm³/mol. The molecule has 0 aliphatic rings. The Balaban J connectivity index is 2.08. The lowest BCUT2D eigenvalue weighted by Gasteiger charge is -2.06. The number of anilines is 2. The van der Waals surface area contributed by atoms with Crippen LogP contribution in [0.1, 0.15) is 5.82 Å². The normalized spacial score (nSPS) is 10.6. The van der Waals surface area contributed by atoms with E-state index in [4.69, 9.17) is 0 Å². The van der Waals surface area contributed by atoms with Gasteiger partial charge in [0.25, 0.3) is 0 Å². The van der Waals surface area contributed by atoms with Gasteiger partial charge in [0, 0.05) is 5.69 Å². The van der Waals surface area contributed by atoms with Crippen molar-refractivity contribution in [2.45, 2.75) is 6.92 Å². The predicted octanol–water partition coefficient (Wildman–Crippen LogP) is 3.14. The average molecular weight is 242 g/mol. The van der Waals surface area contributed by atoms with Gasteiger partial charge in [-0.1, -0.05) is 18.2 Å². The molecule has 3 rings (SSSR count). The van der Waals surface area contributed by atoms with Crippen molar-refractivity contribution in [3.05, 3.63) is 41.7 Å². The number of rotatable bonds is 2. The molecule has 0 radical (unpaired) electrons. The Morgan fingerprint density at radius 3 is 2.76 bits per heavy atom. The fourth-order valence-corrected chi connectivity index (χ4v) is 2.32. The summed E-state index contributed by atoms with van der Waals surface area (Å²) in [5.74, 6) is 1.51. The van der Waals surface area contributed by atoms with Crippen LogP contribution in [0.5, 0.6) is 0 Å². The smallest absolute Gasteiger partial charge is 0.161 e. The van der Waals surface area contributed by atoms with Crippen LogP contribution in [-0.4, -0.2) is 15.0 Å². The maximum absolute atomic E-state index is 4.39. The Morgan fingerprint density at radius 1 is 1.12 bits per heavy atom. The van der Waals surface area contributed by atoms with Crippen LogP contribution in [0.15, 0.2) is 35.8 Å². The second-order valence-electron chi connectivity index (χ2n) is 3.62. The van der Waals surface area contributed by atoms with E-state index >= 15 is 0 Å². The van der Waals surface area contributed by atoms with Crippen molar-refractivity contribution in [2.75, 3.05) is 5.32 Å². The molecule has 1 N–H and O–H groups in total. The summed E-state index contributed by atoms with van der Waals surface area (Å²) in [6, 6.07) is 9.93. The van der Waals surface area contributed by atoms with E-state index in [0.29, 0.717) is 0 Å². The third-order valence-electron chi connectivity index (χ3n) is 2.35. The van der Waals surface area contributed by atoms with Gasteiger partial charge in [-0.15, -0.1) is 11.3 Å². The second kappa shape index (κ2) is 4.10. The number of benzene rings is 1. The van der Waals surface area contributed by atoms with Gasteiger partial charge in [0.1, 0.15) is 16.2 Å². The number of para-hydroxylation sites is 1. The summed E-state index contributed by atoms with van der Waals surface area (Å²) in [6.45, 7) is 1.88. The van der Waals surface area contributed by atoms with Crippen LogP contribution in [0, 0.1) is 6.92 Å². The van der Waals surface area contributed by atoms with Crippen molar-refractivity contribution >= 4 is 33.2 Å². The van der Waals surface area contributed by atoms with Crippen LogP contribution in [0.4, 0.5) is 11.5 Å². The summed E-state index contributed by atoms with van der Waals surface area (Å²) < 4.78 is 0. The maximum atomic E-state index is 4.39. The van der Waals surface area contributed by atoms with Crippen LogP contribution in [0.25, 0.3) is 10.3 Å². The van der Waals surface area contributed by atoms with Crippen molar-refractivity contribution in [1.29, 1.82) is 0 Å². The monoisotopic (exact) mass is 242 g/mol. The SMILES string of the molecule is Cc1nc(Nc2ccccc2)c2ncsc2n1. The van der Waals surface area contributed by atoms with E-state index in [1.54, 1.807) is 5.51 Å². The first-order valence-corrected chi connectivity index (χ1v) is 6.11. The van der Waals surface area contributed by atoms with Gasteiger partial charge >= 0.3 is 0 Å². The quantitative estimate of drug-likeness (QED) is 0.750. The van der Waals surface area contributed by atoms with Gasteiger partial charge in [-0.25, -0.2) is 15.0 Å². The van der Waals surface area contributed by atoms with E-state index in [2.05, 4.69) is 20.3 Å². The van der Waals surface area contributed by atoms with Crippen LogP contribution >= 0.6 is 11.3 Å². The molecule has 0 unspecified atom stereocenters. The first-order valence-electron chi connectivity index (χ1n) is 5.23. The molecule has 3 aromatic rings. The highest BCUT2D eigenvalue weighted by Crippen LogP contribution is 2.24. The van der Waals surface area contributed by atoms with Crippen molar-refractivity contribution in [3.8, 4) is 0 Å². The Labute approximate surface area is 102 Å². The molecule has 0 aliphatic heterocycles. The zero-order valence-electron chi connectivity index (χ0n) is 9.21. The Hall–Kier alpha value is -2.01. The number of nitrogens with one attached hydrogen (secondary N) is 1. The molecule has 0 bridgehead atoms. The zero-order valence-corrected chi connectivity index (χ0v) is 10.0. The molecule has 4 nitrogen and oxygen atoms in total. The van der Waals surface area contributed by atoms with Gasteiger partial charge in [0.15, 0.2) is 5.82 Å². The summed E-state index contributed by atoms with van der Waals surface area (Å²) in [4.78, 5) is 13.9. The Kier molecular flexibility index (Phi) is 2.45. The molecular weight excluding hydrogens is 232 g/mol. The van der Waals surface area contributed by atoms with E-state index in [1.165, 1.54) is 11.3 Å². The van der Waals surface area contributed by atoms with Crippen molar-refractivity contribution in [3.63, 3.8) is 0 Å². The van der Waals surface area contributed by atoms with E-state index in [9.17, 15) is 0 Å². The molecule has 0 amide bonds. The molecule has 0 saturated carbocycles. The summed E-state index contributed by atoms with van der Waals surface area (Å²) in [5.41, 5.74) is 3.61. The van der Waals surface area contributed by atoms with Crippen LogP contribution < -0.4 is 5.32 Å². The molecule has 0 saturated heterocycles. The molecule has 0 atom stereocenters. The summed E-state index contributed by atoms with van der Waals surface area (Å²) in [5, 5.41) is 3.27. The number of fused-ring (bicyclic) bond motifs is 1. The highest BCUT2D eigenvalue weighted by atomic mass is 32.1. The Morgan fingerprint density at radius 2 is 1.94 bits per heavy atom. The lowest BCUT2D eigenvalue weighted by molar-refractivity contribution is 1.09. The van der Waals surface area contributed by atoms with Gasteiger partial charge in [-0.2, -0.15) is 0 Å². The summed E-state index contributed by atoms with van der Waals surface area (Å²) in [7, 11) is 0. The minimum atomic E-state index is 0.750. The highest BCUT2D eigenvalue weighted by Gasteiger charge is 2.08. The number of hydrogen-bond donors (Lipinski definition) is 1. The third-order valence-corrected chi connectivity index (χ3v) is 3.07. The van der Waals surface area contributed by atoms with Gasteiger partial charge < -0.3 is 5.32 Å². The van der Waals surface area contributed by atoms with E-state index in [1.807, 2.05) is 37.3 Å². The summed E-state index contributed by atoms with van der Waals surface area (Å²) in [6.07, 6.45) is 0. The lowest BCUT2D eigenvalue weighted by atomic mass is 10.3. The first kappa shape index (κ1) is 10.2. The lowest BCUT2D eigenvalue weighted by Crippen LogP contribution is -1.97. The van der Waals surface area contributed by atoms with E-state index < -0.39 is 0 Å². The fourth-order valence-electron chi connectivity index (χ4n) is 1.61. The largest absolute Gasteiger partial charge is 0.338 e. The Bertz CT molecular complexity index is 648. The van der Waals surface area contributed by atoms with Crippen molar-refractivity contribution in [2.24, 2.45) is 0 Å². The molecule has 2 heterocycles. The standard InChI is InChI=1S/C12H10N4S/c1-8-14-11(10-12(15-8)17-7-13-10)16-9-5-3-2-4-6-9/h2-7H,1H3,(H,14,15,16). The highest BCUT2D eigenvalue weighted by molar-refractivity contribution is 7.16. The molecular formula is C12H10N4S. The van der Waals surface area contributed by atoms with Gasteiger partial charge in [-0.3, -0.25) is 0 Å². The maximum Gasteiger partial charge on any atom is 0.161 e. The topological polar surface area (TPSA) is 50.7 Å². The van der Waals surface area contributed by atoms with Crippen LogP contribution in [0.3, 0.4) is 0 Å². The fraction of sp³-hybridized carbons (Fsp3) is 0.0833. The zero-order chi connectivity index (χ0) is 11.7. The molecule has 0 aliphatic carbocycles. The second-order valence-corrected chi connectivity index (χ2v) is 4.45. The van der Waals surface area contributed by atoms with Crippen LogP contribution in [-0.2, 0) is 0 Å². The molecule has 2 aromatic heterocycles. The summed E-state index contributed by atoms with van der Waals surface area (Å²) >= 11 is 1.52. The number of hydrogen-bond acceptors (Lipinski definition) is 5. The number of nitrogens with zero attached hydrogens (tertiary/aromatic N) is 3. The van der Waals surface area contributed by atoms with Crippen molar-refractivity contribution < 1.29 is 0 Å². The molecule has 5 heteroatoms. The average Bonchev–Trinajstić information content (AvgIpc) is 2.78. The van der Waals surface area contributed by atoms with Crippen LogP contribution in [0.2, 0.25) is 0 Å². The number of aryl methyl sites for hydroxylation is 1. The number of thiazole rings is 1. The molecule has 0 spiro atoms.